The lowest BCUT2D eigenvalue weighted by Gasteiger charge is -2.25. The topological polar surface area (TPSA) is 24.9 Å². The monoisotopic (exact) mass is 286 g/mol. The van der Waals surface area contributed by atoms with Crippen LogP contribution in [0.2, 0.25) is 0 Å². The smallest absolute Gasteiger partial charge is 0.141 e. The summed E-state index contributed by atoms with van der Waals surface area (Å²) < 4.78 is 13.0. The van der Waals surface area contributed by atoms with Gasteiger partial charge in [-0.05, 0) is 37.0 Å². The summed E-state index contributed by atoms with van der Waals surface area (Å²) in [5.41, 5.74) is 2.14. The Hall–Kier alpha value is -1.74. The van der Waals surface area contributed by atoms with Gasteiger partial charge in [0.25, 0.3) is 0 Å². The zero-order chi connectivity index (χ0) is 15.2. The maximum Gasteiger partial charge on any atom is 0.141 e. The van der Waals surface area contributed by atoms with E-state index < -0.39 is 0 Å². The summed E-state index contributed by atoms with van der Waals surface area (Å²) in [6.07, 6.45) is 2.32. The lowest BCUT2D eigenvalue weighted by Crippen LogP contribution is -2.26. The van der Waals surface area contributed by atoms with Crippen LogP contribution in [0.3, 0.4) is 0 Å². The lowest BCUT2D eigenvalue weighted by molar-refractivity contribution is 0.390. The Kier molecular flexibility index (Phi) is 5.45. The van der Waals surface area contributed by atoms with Crippen molar-refractivity contribution in [1.29, 1.82) is 0 Å². The van der Waals surface area contributed by atoms with Crippen LogP contribution in [0.4, 0.5) is 4.39 Å². The normalized spacial score (nSPS) is 14.1. The van der Waals surface area contributed by atoms with Crippen molar-refractivity contribution in [3.8, 4) is 0 Å². The molecule has 1 aromatic carbocycles. The minimum Gasteiger partial charge on any atom is -0.302 e. The molecule has 112 valence electrons. The zero-order valence-electron chi connectivity index (χ0n) is 12.9. The number of hydrogen-bond acceptors (Lipinski definition) is 2. The van der Waals surface area contributed by atoms with E-state index in [0.29, 0.717) is 5.92 Å². The van der Waals surface area contributed by atoms with Gasteiger partial charge in [-0.15, -0.1) is 0 Å². The highest BCUT2D eigenvalue weighted by Gasteiger charge is 2.17. The van der Waals surface area contributed by atoms with Gasteiger partial charge in [0.2, 0.25) is 0 Å². The third-order valence-corrected chi connectivity index (χ3v) is 3.55. The molecule has 1 aromatic heterocycles. The van der Waals surface area contributed by atoms with Gasteiger partial charge in [0.15, 0.2) is 0 Å². The zero-order valence-corrected chi connectivity index (χ0v) is 12.9. The Labute approximate surface area is 126 Å². The first-order chi connectivity index (χ1) is 10.1. The van der Waals surface area contributed by atoms with Crippen LogP contribution < -0.4 is 5.32 Å². The van der Waals surface area contributed by atoms with Crippen LogP contribution in [-0.4, -0.2) is 4.98 Å². The Morgan fingerprint density at radius 2 is 1.76 bits per heavy atom. The van der Waals surface area contributed by atoms with Gasteiger partial charge in [0.05, 0.1) is 11.9 Å². The predicted molar refractivity (Wildman–Crippen MR) is 84.4 cm³/mol. The lowest BCUT2D eigenvalue weighted by atomic mass is 9.96. The summed E-state index contributed by atoms with van der Waals surface area (Å²) in [6.45, 7) is 6.51. The fourth-order valence-electron chi connectivity index (χ4n) is 2.49. The molecule has 0 aliphatic rings. The van der Waals surface area contributed by atoms with Crippen molar-refractivity contribution in [2.24, 2.45) is 5.92 Å². The SMILES string of the molecule is CC(C)CC(NC(C)c1ccc(F)cn1)c1ccccc1. The highest BCUT2D eigenvalue weighted by molar-refractivity contribution is 5.20. The molecule has 0 amide bonds. The van der Waals surface area contributed by atoms with Gasteiger partial charge in [-0.3, -0.25) is 4.98 Å². The van der Waals surface area contributed by atoms with Crippen LogP contribution >= 0.6 is 0 Å². The van der Waals surface area contributed by atoms with E-state index >= 15 is 0 Å². The minimum atomic E-state index is -0.298. The molecule has 2 rings (SSSR count). The number of hydrogen-bond donors (Lipinski definition) is 1. The van der Waals surface area contributed by atoms with Crippen molar-refractivity contribution in [2.75, 3.05) is 0 Å². The number of nitrogens with one attached hydrogen (secondary N) is 1. The molecule has 2 aromatic rings. The van der Waals surface area contributed by atoms with Crippen molar-refractivity contribution >= 4 is 0 Å². The van der Waals surface area contributed by atoms with Crippen LogP contribution in [0.1, 0.15) is 50.5 Å². The molecule has 0 saturated heterocycles. The fourth-order valence-corrected chi connectivity index (χ4v) is 2.49. The fraction of sp³-hybridized carbons (Fsp3) is 0.389. The summed E-state index contributed by atoms with van der Waals surface area (Å²) in [5, 5.41) is 3.62. The predicted octanol–water partition coefficient (Wildman–Crippen LogP) is 4.66. The van der Waals surface area contributed by atoms with E-state index in [0.717, 1.165) is 12.1 Å². The van der Waals surface area contributed by atoms with Crippen LogP contribution in [0, 0.1) is 11.7 Å². The molecule has 0 aliphatic carbocycles. The summed E-state index contributed by atoms with van der Waals surface area (Å²) in [5.74, 6) is 0.295. The second kappa shape index (κ2) is 7.32. The number of halogens is 1. The summed E-state index contributed by atoms with van der Waals surface area (Å²) in [4.78, 5) is 4.17. The number of pyridine rings is 1. The van der Waals surface area contributed by atoms with Gasteiger partial charge in [-0.1, -0.05) is 44.2 Å². The summed E-state index contributed by atoms with van der Waals surface area (Å²) in [6, 6.07) is 14.0. The number of nitrogens with zero attached hydrogens (tertiary/aromatic N) is 1. The van der Waals surface area contributed by atoms with Crippen molar-refractivity contribution in [3.63, 3.8) is 0 Å². The number of benzene rings is 1. The van der Waals surface area contributed by atoms with E-state index in [1.807, 2.05) is 6.07 Å². The molecule has 0 fully saturated rings. The largest absolute Gasteiger partial charge is 0.302 e. The molecular weight excluding hydrogens is 263 g/mol. The number of rotatable bonds is 6. The Morgan fingerprint density at radius 3 is 2.33 bits per heavy atom. The van der Waals surface area contributed by atoms with E-state index in [-0.39, 0.29) is 17.9 Å². The molecule has 1 N–H and O–H groups in total. The van der Waals surface area contributed by atoms with E-state index in [1.165, 1.54) is 17.8 Å². The second-order valence-corrected chi connectivity index (χ2v) is 5.88. The first-order valence-electron chi connectivity index (χ1n) is 7.48. The molecule has 1 heterocycles. The molecule has 0 spiro atoms. The number of aromatic nitrogens is 1. The van der Waals surface area contributed by atoms with E-state index in [2.05, 4.69) is 55.3 Å². The summed E-state index contributed by atoms with van der Waals surface area (Å²) in [7, 11) is 0. The summed E-state index contributed by atoms with van der Waals surface area (Å²) >= 11 is 0. The van der Waals surface area contributed by atoms with Gasteiger partial charge < -0.3 is 5.32 Å². The van der Waals surface area contributed by atoms with Crippen LogP contribution in [0.5, 0.6) is 0 Å². The van der Waals surface area contributed by atoms with Crippen LogP contribution in [-0.2, 0) is 0 Å². The van der Waals surface area contributed by atoms with Crippen molar-refractivity contribution < 1.29 is 4.39 Å². The molecular formula is C18H23FN2. The maximum atomic E-state index is 13.0. The van der Waals surface area contributed by atoms with Crippen molar-refractivity contribution in [1.82, 2.24) is 10.3 Å². The Balaban J connectivity index is 2.13. The van der Waals surface area contributed by atoms with Gasteiger partial charge in [0, 0.05) is 12.1 Å². The highest BCUT2D eigenvalue weighted by atomic mass is 19.1. The van der Waals surface area contributed by atoms with Gasteiger partial charge in [0.1, 0.15) is 5.82 Å². The Bertz CT molecular complexity index is 537. The average Bonchev–Trinajstić information content (AvgIpc) is 2.47. The quantitative estimate of drug-likeness (QED) is 0.835. The van der Waals surface area contributed by atoms with Gasteiger partial charge in [-0.2, -0.15) is 0 Å². The Morgan fingerprint density at radius 1 is 1.05 bits per heavy atom. The molecule has 2 nitrogen and oxygen atoms in total. The molecule has 0 radical (unpaired) electrons. The third kappa shape index (κ3) is 4.64. The van der Waals surface area contributed by atoms with Crippen molar-refractivity contribution in [2.45, 2.75) is 39.3 Å². The molecule has 2 atom stereocenters. The van der Waals surface area contributed by atoms with E-state index in [9.17, 15) is 4.39 Å². The molecule has 0 bridgehead atoms. The maximum absolute atomic E-state index is 13.0. The molecule has 2 unspecified atom stereocenters. The van der Waals surface area contributed by atoms with Crippen LogP contribution in [0.15, 0.2) is 48.7 Å². The van der Waals surface area contributed by atoms with Gasteiger partial charge >= 0.3 is 0 Å². The third-order valence-electron chi connectivity index (χ3n) is 3.55. The standard InChI is InChI=1S/C18H23FN2/c1-13(2)11-18(15-7-5-4-6-8-15)21-14(3)17-10-9-16(19)12-20-17/h4-10,12-14,18,21H,11H2,1-3H3. The molecule has 21 heavy (non-hydrogen) atoms. The molecule has 0 aliphatic heterocycles. The first-order valence-corrected chi connectivity index (χ1v) is 7.48. The highest BCUT2D eigenvalue weighted by Crippen LogP contribution is 2.24. The second-order valence-electron chi connectivity index (χ2n) is 5.88. The van der Waals surface area contributed by atoms with E-state index in [4.69, 9.17) is 0 Å². The van der Waals surface area contributed by atoms with Gasteiger partial charge in [-0.25, -0.2) is 4.39 Å². The van der Waals surface area contributed by atoms with Crippen molar-refractivity contribution in [3.05, 3.63) is 65.7 Å². The minimum absolute atomic E-state index is 0.0783. The van der Waals surface area contributed by atoms with E-state index in [1.54, 1.807) is 6.07 Å². The first kappa shape index (κ1) is 15.6. The average molecular weight is 286 g/mol. The van der Waals surface area contributed by atoms with Crippen LogP contribution in [0.25, 0.3) is 0 Å². The molecule has 3 heteroatoms. The molecule has 0 saturated carbocycles.